The van der Waals surface area contributed by atoms with Crippen LogP contribution < -0.4 is 4.90 Å². The number of para-hydroxylation sites is 2. The molecule has 276 valence electrons. The summed E-state index contributed by atoms with van der Waals surface area (Å²) in [6, 6.07) is 64.9. The van der Waals surface area contributed by atoms with Crippen molar-refractivity contribution in [3.05, 3.63) is 218 Å². The van der Waals surface area contributed by atoms with Gasteiger partial charge >= 0.3 is 0 Å². The predicted octanol–water partition coefficient (Wildman–Crippen LogP) is 15.8. The molecule has 0 saturated carbocycles. The highest BCUT2D eigenvalue weighted by molar-refractivity contribution is 6.20. The van der Waals surface area contributed by atoms with Crippen molar-refractivity contribution >= 4 is 82.4 Å². The molecule has 0 unspecified atom stereocenters. The first kappa shape index (κ1) is 29.4. The number of rotatable bonds is 6. The lowest BCUT2D eigenvalue weighted by molar-refractivity contribution is 0.672. The Bertz CT molecular complexity index is 3760. The van der Waals surface area contributed by atoms with Gasteiger partial charge in [-0.05, 0) is 105 Å². The van der Waals surface area contributed by atoms with Gasteiger partial charge in [0.05, 0.1) is 27.6 Å². The quantitative estimate of drug-likeness (QED) is 0.168. The van der Waals surface area contributed by atoms with Crippen molar-refractivity contribution in [2.45, 2.75) is 0 Å². The van der Waals surface area contributed by atoms with Crippen LogP contribution in [0.1, 0.15) is 5.48 Å². The molecule has 2 aromatic heterocycles. The Balaban J connectivity index is 1.10. The van der Waals surface area contributed by atoms with E-state index in [1.807, 2.05) is 95.9 Å². The van der Waals surface area contributed by atoms with E-state index in [4.69, 9.17) is 4.42 Å². The topological polar surface area (TPSA) is 21.3 Å². The van der Waals surface area contributed by atoms with Gasteiger partial charge in [0, 0.05) is 38.6 Å². The van der Waals surface area contributed by atoms with Gasteiger partial charge in [0.25, 0.3) is 0 Å². The summed E-state index contributed by atoms with van der Waals surface area (Å²) in [5, 5.41) is 7.88. The Labute approximate surface area is 346 Å². The molecule has 12 rings (SSSR count). The van der Waals surface area contributed by atoms with E-state index in [1.54, 1.807) is 0 Å². The summed E-state index contributed by atoms with van der Waals surface area (Å²) in [4.78, 5) is 1.88. The van der Waals surface area contributed by atoms with E-state index in [9.17, 15) is 5.48 Å². The zero-order valence-corrected chi connectivity index (χ0v) is 31.8. The summed E-state index contributed by atoms with van der Waals surface area (Å²) in [6.45, 7) is 0. The standard InChI is InChI=1S/C56H36N2O/c1-2-16-41(17-3-1)58-50-23-9-8-20-48(50)54-46(22-11-24-51(54)58)40-29-34-43(35-30-40)57(42-32-27-39(28-33-42)45-21-10-15-37-13-4-6-18-44(37)45)52-25-12-26-53-55(52)49-36-31-38-14-5-7-19-47(38)56(49)59-53/h1-36H/i27D,28D,32D,33D. The lowest BCUT2D eigenvalue weighted by Gasteiger charge is -2.27. The number of anilines is 3. The summed E-state index contributed by atoms with van der Waals surface area (Å²) in [5.74, 6) is 0. The smallest absolute Gasteiger partial charge is 0.143 e. The highest BCUT2D eigenvalue weighted by Gasteiger charge is 2.22. The fourth-order valence-electron chi connectivity index (χ4n) is 9.01. The maximum Gasteiger partial charge on any atom is 0.143 e. The first-order valence-corrected chi connectivity index (χ1v) is 19.9. The van der Waals surface area contributed by atoms with Crippen molar-refractivity contribution in [2.24, 2.45) is 0 Å². The molecular weight excluding hydrogens is 717 g/mol. The zero-order chi connectivity index (χ0) is 42.3. The van der Waals surface area contributed by atoms with Crippen LogP contribution in [0.25, 0.3) is 93.2 Å². The van der Waals surface area contributed by atoms with Crippen LogP contribution in [0.3, 0.4) is 0 Å². The normalized spacial score (nSPS) is 12.7. The lowest BCUT2D eigenvalue weighted by atomic mass is 9.97. The van der Waals surface area contributed by atoms with E-state index in [0.717, 1.165) is 76.5 Å². The van der Waals surface area contributed by atoms with Gasteiger partial charge in [0.1, 0.15) is 11.2 Å². The second kappa shape index (κ2) is 13.4. The van der Waals surface area contributed by atoms with Crippen LogP contribution in [0.15, 0.2) is 223 Å². The molecule has 0 N–H and O–H groups in total. The molecule has 59 heavy (non-hydrogen) atoms. The van der Waals surface area contributed by atoms with Crippen LogP contribution in [-0.4, -0.2) is 4.57 Å². The fraction of sp³-hybridized carbons (Fsp3) is 0. The number of hydrogen-bond acceptors (Lipinski definition) is 2. The molecule has 0 aliphatic rings. The molecule has 0 aliphatic heterocycles. The minimum Gasteiger partial charge on any atom is -0.455 e. The molecule has 0 bridgehead atoms. The van der Waals surface area contributed by atoms with Crippen molar-refractivity contribution in [3.63, 3.8) is 0 Å². The third-order valence-corrected chi connectivity index (χ3v) is 11.6. The molecule has 3 heteroatoms. The Morgan fingerprint density at radius 1 is 0.407 bits per heavy atom. The number of nitrogens with zero attached hydrogens (tertiary/aromatic N) is 2. The Morgan fingerprint density at radius 3 is 1.88 bits per heavy atom. The Hall–Kier alpha value is -7.88. The van der Waals surface area contributed by atoms with Crippen LogP contribution in [-0.2, 0) is 0 Å². The fourth-order valence-corrected chi connectivity index (χ4v) is 9.01. The summed E-state index contributed by atoms with van der Waals surface area (Å²) in [7, 11) is 0. The third-order valence-electron chi connectivity index (χ3n) is 11.6. The number of benzene rings is 10. The number of fused-ring (bicyclic) bond motifs is 9. The molecule has 0 amide bonds. The van der Waals surface area contributed by atoms with Gasteiger partial charge in [0.2, 0.25) is 0 Å². The van der Waals surface area contributed by atoms with Crippen molar-refractivity contribution < 1.29 is 9.90 Å². The van der Waals surface area contributed by atoms with Crippen molar-refractivity contribution in [1.29, 1.82) is 0 Å². The average Bonchev–Trinajstić information content (AvgIpc) is 3.90. The van der Waals surface area contributed by atoms with Gasteiger partial charge in [-0.3, -0.25) is 0 Å². The van der Waals surface area contributed by atoms with Gasteiger partial charge in [0.15, 0.2) is 0 Å². The minimum absolute atomic E-state index is 0.110. The molecule has 0 atom stereocenters. The summed E-state index contributed by atoms with van der Waals surface area (Å²) in [5.41, 5.74) is 9.24. The molecule has 10 aromatic carbocycles. The average molecular weight is 757 g/mol. The van der Waals surface area contributed by atoms with Gasteiger partial charge in [-0.2, -0.15) is 0 Å². The molecule has 12 aromatic rings. The summed E-state index contributed by atoms with van der Waals surface area (Å²) in [6.07, 6.45) is 0. The Morgan fingerprint density at radius 2 is 1.05 bits per heavy atom. The molecule has 3 nitrogen and oxygen atoms in total. The highest BCUT2D eigenvalue weighted by atomic mass is 16.3. The molecule has 2 heterocycles. The van der Waals surface area contributed by atoms with E-state index in [1.165, 1.54) is 0 Å². The van der Waals surface area contributed by atoms with Gasteiger partial charge in [-0.1, -0.05) is 152 Å². The molecule has 0 radical (unpaired) electrons. The van der Waals surface area contributed by atoms with Crippen LogP contribution in [0, 0.1) is 0 Å². The molecular formula is C56H36N2O. The Kier molecular flexibility index (Phi) is 6.65. The maximum atomic E-state index is 9.76. The molecule has 0 spiro atoms. The van der Waals surface area contributed by atoms with Crippen LogP contribution >= 0.6 is 0 Å². The van der Waals surface area contributed by atoms with Gasteiger partial charge in [-0.25, -0.2) is 0 Å². The molecule has 0 saturated heterocycles. The first-order chi connectivity index (χ1) is 31.0. The third kappa shape index (κ3) is 5.29. The zero-order valence-electron chi connectivity index (χ0n) is 35.8. The second-order valence-corrected chi connectivity index (χ2v) is 14.9. The lowest BCUT2D eigenvalue weighted by Crippen LogP contribution is -2.10. The number of furan rings is 1. The van der Waals surface area contributed by atoms with Gasteiger partial charge < -0.3 is 13.9 Å². The van der Waals surface area contributed by atoms with Crippen molar-refractivity contribution in [2.75, 3.05) is 4.90 Å². The van der Waals surface area contributed by atoms with E-state index in [-0.39, 0.29) is 35.4 Å². The SMILES string of the molecule is [2H]c1c([2H])c(N(c2ccc(-c3cccc4c3c3ccccc3n4-c3ccccc3)cc2)c2cccc3oc4c5ccccc5ccc4c23)c([2H])c([2H])c1-c1cccc2ccccc12. The number of aromatic nitrogens is 1. The van der Waals surface area contributed by atoms with E-state index in [0.29, 0.717) is 22.5 Å². The maximum absolute atomic E-state index is 9.76. The van der Waals surface area contributed by atoms with E-state index in [2.05, 4.69) is 108 Å². The van der Waals surface area contributed by atoms with Crippen LogP contribution in [0.4, 0.5) is 17.1 Å². The number of hydrogen-bond donors (Lipinski definition) is 0. The minimum atomic E-state index is -0.142. The van der Waals surface area contributed by atoms with Gasteiger partial charge in [-0.15, -0.1) is 0 Å². The first-order valence-electron chi connectivity index (χ1n) is 21.9. The summed E-state index contributed by atoms with van der Waals surface area (Å²) < 4.78 is 47.6. The van der Waals surface area contributed by atoms with Crippen LogP contribution in [0.2, 0.25) is 0 Å². The highest BCUT2D eigenvalue weighted by Crippen LogP contribution is 2.46. The van der Waals surface area contributed by atoms with Crippen LogP contribution in [0.5, 0.6) is 0 Å². The largest absolute Gasteiger partial charge is 0.455 e. The molecule has 0 fully saturated rings. The van der Waals surface area contributed by atoms with Crippen molar-refractivity contribution in [3.8, 4) is 27.9 Å². The van der Waals surface area contributed by atoms with E-state index < -0.39 is 0 Å². The predicted molar refractivity (Wildman–Crippen MR) is 249 cm³/mol. The monoisotopic (exact) mass is 756 g/mol. The van der Waals surface area contributed by atoms with Crippen molar-refractivity contribution in [1.82, 2.24) is 4.57 Å². The molecule has 0 aliphatic carbocycles. The summed E-state index contributed by atoms with van der Waals surface area (Å²) >= 11 is 0. The second-order valence-electron chi connectivity index (χ2n) is 14.9. The van der Waals surface area contributed by atoms with E-state index >= 15 is 0 Å².